The van der Waals surface area contributed by atoms with Gasteiger partial charge in [-0.15, -0.1) is 11.6 Å². The Kier molecular flexibility index (Phi) is 8.32. The summed E-state index contributed by atoms with van der Waals surface area (Å²) in [6, 6.07) is 3.42. The Bertz CT molecular complexity index is 1310. The van der Waals surface area contributed by atoms with Crippen LogP contribution in [0.5, 0.6) is 11.5 Å². The maximum absolute atomic E-state index is 12.8. The van der Waals surface area contributed by atoms with E-state index in [4.69, 9.17) is 40.3 Å². The standard InChI is InChI=1S/C30H40ClNO13/c1-14(34)32-23-19(35)12-28(26(38)39,43-25(23)24(37)20(36)13-33)42-22-8-16(4-5-21(22)40-2)30(41-3)29(44-45-30)17-6-15-7-18(29)11-27(31,9-15)10-17/h4-5,8,15,17-20,23-25,33,35-37H,6-7,9-13H2,1-3H3,(H,32,34)(H,38,39). The van der Waals surface area contributed by atoms with Crippen molar-refractivity contribution in [3.05, 3.63) is 23.8 Å². The number of ether oxygens (including phenoxy) is 4. The minimum atomic E-state index is -2.64. The number of halogens is 1. The molecule has 9 atom stereocenters. The quantitative estimate of drug-likeness (QED) is 0.150. The summed E-state index contributed by atoms with van der Waals surface area (Å²) in [5, 5.41) is 54.3. The van der Waals surface area contributed by atoms with Crippen LogP contribution in [-0.2, 0) is 34.6 Å². The number of nitrogens with one attached hydrogen (secondary N) is 1. The molecule has 1 aromatic rings. The van der Waals surface area contributed by atoms with E-state index in [1.54, 1.807) is 12.1 Å². The number of aliphatic carboxylic acids is 1. The van der Waals surface area contributed by atoms with E-state index in [1.807, 2.05) is 0 Å². The first-order valence-corrected chi connectivity index (χ1v) is 15.5. The number of amides is 1. The van der Waals surface area contributed by atoms with E-state index in [9.17, 15) is 35.1 Å². The van der Waals surface area contributed by atoms with Crippen LogP contribution in [0.2, 0.25) is 0 Å². The van der Waals surface area contributed by atoms with E-state index in [1.165, 1.54) is 20.3 Å². The molecule has 1 spiro atoms. The van der Waals surface area contributed by atoms with Crippen LogP contribution in [0.25, 0.3) is 0 Å². The first-order valence-electron chi connectivity index (χ1n) is 15.1. The van der Waals surface area contributed by atoms with Crippen LogP contribution < -0.4 is 14.8 Å². The molecule has 6 N–H and O–H groups in total. The number of carbonyl (C=O) groups is 2. The van der Waals surface area contributed by atoms with E-state index in [2.05, 4.69) is 5.32 Å². The monoisotopic (exact) mass is 657 g/mol. The van der Waals surface area contributed by atoms with Gasteiger partial charge < -0.3 is 49.8 Å². The van der Waals surface area contributed by atoms with Crippen molar-refractivity contribution in [3.8, 4) is 11.5 Å². The molecule has 4 aliphatic carbocycles. The fourth-order valence-corrected chi connectivity index (χ4v) is 9.31. The SMILES string of the molecule is COc1ccc(C2(OC)OOC23C2CC4CC3CC(Cl)(C4)C2)cc1OC1(C(=O)O)CC(O)C(NC(C)=O)C(C(O)C(O)CO)O1. The van der Waals surface area contributed by atoms with Crippen molar-refractivity contribution in [2.24, 2.45) is 17.8 Å². The van der Waals surface area contributed by atoms with Gasteiger partial charge in [0.25, 0.3) is 5.79 Å². The molecule has 6 aliphatic rings. The van der Waals surface area contributed by atoms with Crippen molar-refractivity contribution in [2.45, 2.75) is 98.0 Å². The minimum absolute atomic E-state index is 0.0505. The van der Waals surface area contributed by atoms with E-state index >= 15 is 0 Å². The largest absolute Gasteiger partial charge is 0.493 e. The Balaban J connectivity index is 1.37. The molecule has 6 fully saturated rings. The van der Waals surface area contributed by atoms with Gasteiger partial charge in [-0.05, 0) is 68.1 Å². The molecule has 1 amide bonds. The lowest BCUT2D eigenvalue weighted by Gasteiger charge is -2.70. The summed E-state index contributed by atoms with van der Waals surface area (Å²) in [6.45, 7) is 0.253. The maximum Gasteiger partial charge on any atom is 0.377 e. The van der Waals surface area contributed by atoms with Crippen molar-refractivity contribution in [2.75, 3.05) is 20.8 Å². The predicted molar refractivity (Wildman–Crippen MR) is 152 cm³/mol. The molecular formula is C30H40ClNO13. The fourth-order valence-electron chi connectivity index (χ4n) is 8.71. The van der Waals surface area contributed by atoms with E-state index in [-0.39, 0.29) is 28.2 Å². The van der Waals surface area contributed by atoms with Crippen molar-refractivity contribution in [1.29, 1.82) is 0 Å². The minimum Gasteiger partial charge on any atom is -0.493 e. The number of carbonyl (C=O) groups excluding carboxylic acids is 1. The van der Waals surface area contributed by atoms with Gasteiger partial charge in [0.05, 0.1) is 32.3 Å². The molecule has 9 unspecified atom stereocenters. The number of alkyl halides is 1. The highest BCUT2D eigenvalue weighted by Crippen LogP contribution is 2.71. The summed E-state index contributed by atoms with van der Waals surface area (Å²) in [6.07, 6.45) is -3.47. The second-order valence-electron chi connectivity index (χ2n) is 13.1. The summed E-state index contributed by atoms with van der Waals surface area (Å²) < 4.78 is 23.5. The van der Waals surface area contributed by atoms with Gasteiger partial charge in [-0.3, -0.25) is 4.79 Å². The number of aliphatic hydroxyl groups is 4. The Labute approximate surface area is 264 Å². The third-order valence-corrected chi connectivity index (χ3v) is 10.9. The van der Waals surface area contributed by atoms with Gasteiger partial charge in [0.15, 0.2) is 17.1 Å². The number of hydrogen-bond acceptors (Lipinski definition) is 12. The second-order valence-corrected chi connectivity index (χ2v) is 13.9. The van der Waals surface area contributed by atoms with Crippen molar-refractivity contribution in [3.63, 3.8) is 0 Å². The van der Waals surface area contributed by atoms with Gasteiger partial charge in [-0.2, -0.15) is 4.89 Å². The van der Waals surface area contributed by atoms with E-state index < -0.39 is 72.5 Å². The zero-order valence-corrected chi connectivity index (χ0v) is 25.9. The second kappa shape index (κ2) is 11.5. The molecule has 4 bridgehead atoms. The first-order chi connectivity index (χ1) is 21.3. The third kappa shape index (κ3) is 4.92. The number of benzene rings is 1. The highest BCUT2D eigenvalue weighted by molar-refractivity contribution is 6.24. The molecule has 0 radical (unpaired) electrons. The molecule has 0 aromatic heterocycles. The van der Waals surface area contributed by atoms with Crippen molar-refractivity contribution in [1.82, 2.24) is 5.32 Å². The molecular weight excluding hydrogens is 618 g/mol. The van der Waals surface area contributed by atoms with Crippen LogP contribution >= 0.6 is 11.6 Å². The molecule has 7 rings (SSSR count). The summed E-state index contributed by atoms with van der Waals surface area (Å²) in [4.78, 5) is 36.3. The first kappa shape index (κ1) is 32.7. The summed E-state index contributed by atoms with van der Waals surface area (Å²) >= 11 is 7.02. The number of aliphatic hydroxyl groups excluding tert-OH is 4. The third-order valence-electron chi connectivity index (χ3n) is 10.4. The number of carboxylic acid groups (broad SMARTS) is 1. The van der Waals surface area contributed by atoms with Gasteiger partial charge in [0.1, 0.15) is 18.3 Å². The Morgan fingerprint density at radius 1 is 1.09 bits per heavy atom. The fraction of sp³-hybridized carbons (Fsp3) is 0.733. The summed E-state index contributed by atoms with van der Waals surface area (Å²) in [5.41, 5.74) is -0.380. The van der Waals surface area contributed by atoms with Crippen LogP contribution in [0.3, 0.4) is 0 Å². The van der Waals surface area contributed by atoms with Gasteiger partial charge in [0.2, 0.25) is 5.91 Å². The Hall–Kier alpha value is -2.27. The van der Waals surface area contributed by atoms with Gasteiger partial charge in [0, 0.05) is 24.5 Å². The van der Waals surface area contributed by atoms with Gasteiger partial charge in [-0.25, -0.2) is 9.68 Å². The summed E-state index contributed by atoms with van der Waals surface area (Å²) in [5.74, 6) is -5.70. The topological polar surface area (TPSA) is 203 Å². The van der Waals surface area contributed by atoms with E-state index in [0.717, 1.165) is 39.0 Å². The van der Waals surface area contributed by atoms with E-state index in [0.29, 0.717) is 11.5 Å². The lowest BCUT2D eigenvalue weighted by Crippen LogP contribution is -2.78. The van der Waals surface area contributed by atoms with Crippen LogP contribution in [0.1, 0.15) is 51.0 Å². The van der Waals surface area contributed by atoms with Gasteiger partial charge in [-0.1, -0.05) is 0 Å². The zero-order chi connectivity index (χ0) is 32.5. The number of rotatable bonds is 10. The van der Waals surface area contributed by atoms with Crippen molar-refractivity contribution >= 4 is 23.5 Å². The maximum atomic E-state index is 12.8. The molecule has 2 heterocycles. The molecule has 14 nitrogen and oxygen atoms in total. The zero-order valence-electron chi connectivity index (χ0n) is 25.2. The summed E-state index contributed by atoms with van der Waals surface area (Å²) in [7, 11) is 2.87. The lowest BCUT2D eigenvalue weighted by atomic mass is 9.46. The molecule has 2 saturated heterocycles. The molecule has 1 aromatic carbocycles. The lowest BCUT2D eigenvalue weighted by molar-refractivity contribution is -0.645. The number of methoxy groups -OCH3 is 2. The number of hydrogen-bond donors (Lipinski definition) is 6. The average molecular weight is 658 g/mol. The highest BCUT2D eigenvalue weighted by atomic mass is 35.5. The normalized spacial score (nSPS) is 42.9. The van der Waals surface area contributed by atoms with Crippen LogP contribution in [0.4, 0.5) is 0 Å². The van der Waals surface area contributed by atoms with Gasteiger partial charge >= 0.3 is 11.8 Å². The Morgan fingerprint density at radius 3 is 2.29 bits per heavy atom. The number of carboxylic acids is 1. The molecule has 2 aliphatic heterocycles. The molecule has 250 valence electrons. The predicted octanol–water partition coefficient (Wildman–Crippen LogP) is 0.541. The Morgan fingerprint density at radius 2 is 1.78 bits per heavy atom. The molecule has 15 heteroatoms. The molecule has 45 heavy (non-hydrogen) atoms. The average Bonchev–Trinajstić information content (AvgIpc) is 2.96. The van der Waals surface area contributed by atoms with Crippen LogP contribution in [0.15, 0.2) is 18.2 Å². The van der Waals surface area contributed by atoms with Crippen LogP contribution in [0, 0.1) is 17.8 Å². The highest BCUT2D eigenvalue weighted by Gasteiger charge is 2.78. The van der Waals surface area contributed by atoms with Crippen molar-refractivity contribution < 1.29 is 63.8 Å². The van der Waals surface area contributed by atoms with Crippen LogP contribution in [-0.4, -0.2) is 105 Å². The smallest absolute Gasteiger partial charge is 0.377 e. The molecule has 4 saturated carbocycles.